The van der Waals surface area contributed by atoms with Crippen LogP contribution in [0.25, 0.3) is 22.2 Å². The Kier molecular flexibility index (Phi) is 5.81. The molecule has 6 rings (SSSR count). The number of benzene rings is 3. The van der Waals surface area contributed by atoms with E-state index in [0.717, 1.165) is 33.5 Å². The first-order valence-corrected chi connectivity index (χ1v) is 12.2. The summed E-state index contributed by atoms with van der Waals surface area (Å²) in [4.78, 5) is 21.4. The molecule has 3 heterocycles. The maximum atomic E-state index is 12.1. The largest absolute Gasteiger partial charge is 0.486 e. The molecule has 0 aliphatic carbocycles. The Bertz CT molecular complexity index is 1590. The quantitative estimate of drug-likeness (QED) is 0.324. The van der Waals surface area contributed by atoms with Crippen molar-refractivity contribution >= 4 is 16.9 Å². The number of carbonyl (C=O) groups excluding carboxylic acids is 1. The molecule has 184 valence electrons. The molecule has 2 aromatic heterocycles. The summed E-state index contributed by atoms with van der Waals surface area (Å²) in [5.41, 5.74) is 6.77. The number of amides is 1. The lowest BCUT2D eigenvalue weighted by molar-refractivity contribution is 0.0965. The molecule has 3 aromatic carbocycles. The normalized spacial score (nSPS) is 13.3. The fraction of sp³-hybridized carbons (Fsp3) is 0.167. The zero-order valence-electron chi connectivity index (χ0n) is 20.6. The molecule has 0 saturated carbocycles. The molecule has 0 fully saturated rings. The van der Waals surface area contributed by atoms with E-state index in [1.54, 1.807) is 13.2 Å². The minimum absolute atomic E-state index is 0.0276. The highest BCUT2D eigenvalue weighted by atomic mass is 16.5. The Labute approximate surface area is 214 Å². The van der Waals surface area contributed by atoms with Gasteiger partial charge >= 0.3 is 0 Å². The van der Waals surface area contributed by atoms with Crippen molar-refractivity contribution in [1.82, 2.24) is 19.9 Å². The van der Waals surface area contributed by atoms with Gasteiger partial charge in [0.15, 0.2) is 0 Å². The molecule has 0 saturated heterocycles. The molecule has 7 nitrogen and oxygen atoms in total. The van der Waals surface area contributed by atoms with Crippen LogP contribution in [0, 0.1) is 0 Å². The van der Waals surface area contributed by atoms with Gasteiger partial charge in [-0.15, -0.1) is 0 Å². The highest BCUT2D eigenvalue weighted by Crippen LogP contribution is 2.31. The number of hydrogen-bond acceptors (Lipinski definition) is 5. The summed E-state index contributed by atoms with van der Waals surface area (Å²) in [6.45, 7) is 3.00. The predicted octanol–water partition coefficient (Wildman–Crippen LogP) is 5.54. The standard InChI is InChI=1S/C30H26N4O3/c1-19(20-6-4-3-5-7-20)34-27-14-21(22-10-13-29(36-2)31-16-22)9-12-26(27)33-28(34)18-37-24-11-8-23-17-32-30(35)25(23)15-24/h3-16,19H,17-18H2,1-2H3,(H,32,35)/t19-/m0/s1. The van der Waals surface area contributed by atoms with Gasteiger partial charge in [0.25, 0.3) is 5.91 Å². The SMILES string of the molecule is COc1ccc(-c2ccc3nc(COc4ccc5c(c4)C(=O)NC5)n([C@@H](C)c4ccccc4)c3c2)cn1. The van der Waals surface area contributed by atoms with Gasteiger partial charge in [-0.3, -0.25) is 4.79 Å². The molecule has 5 aromatic rings. The number of nitrogens with zero attached hydrogens (tertiary/aromatic N) is 3. The van der Waals surface area contributed by atoms with E-state index < -0.39 is 0 Å². The van der Waals surface area contributed by atoms with Crippen molar-refractivity contribution in [3.8, 4) is 22.8 Å². The van der Waals surface area contributed by atoms with Crippen molar-refractivity contribution in [2.24, 2.45) is 0 Å². The van der Waals surface area contributed by atoms with Crippen LogP contribution in [0.3, 0.4) is 0 Å². The molecular formula is C30H26N4O3. The van der Waals surface area contributed by atoms with E-state index >= 15 is 0 Å². The molecule has 1 atom stereocenters. The zero-order chi connectivity index (χ0) is 25.4. The van der Waals surface area contributed by atoms with Crippen LogP contribution in [0.5, 0.6) is 11.6 Å². The average Bonchev–Trinajstić information content (AvgIpc) is 3.51. The lowest BCUT2D eigenvalue weighted by Crippen LogP contribution is -2.13. The molecular weight excluding hydrogens is 464 g/mol. The zero-order valence-corrected chi connectivity index (χ0v) is 20.6. The van der Waals surface area contributed by atoms with Gasteiger partial charge in [0.1, 0.15) is 18.2 Å². The number of methoxy groups -OCH3 is 1. The van der Waals surface area contributed by atoms with Crippen LogP contribution in [0.1, 0.15) is 40.3 Å². The fourth-order valence-electron chi connectivity index (χ4n) is 4.84. The van der Waals surface area contributed by atoms with Gasteiger partial charge < -0.3 is 19.4 Å². The van der Waals surface area contributed by atoms with E-state index in [1.165, 1.54) is 5.56 Å². The van der Waals surface area contributed by atoms with Crippen LogP contribution < -0.4 is 14.8 Å². The van der Waals surface area contributed by atoms with E-state index in [0.29, 0.717) is 23.7 Å². The maximum Gasteiger partial charge on any atom is 0.252 e. The summed E-state index contributed by atoms with van der Waals surface area (Å²) >= 11 is 0. The second-order valence-electron chi connectivity index (χ2n) is 9.07. The highest BCUT2D eigenvalue weighted by molar-refractivity contribution is 5.98. The second-order valence-corrected chi connectivity index (χ2v) is 9.07. The Balaban J connectivity index is 1.39. The molecule has 0 bridgehead atoms. The van der Waals surface area contributed by atoms with Gasteiger partial charge in [-0.1, -0.05) is 42.5 Å². The van der Waals surface area contributed by atoms with Crippen molar-refractivity contribution < 1.29 is 14.3 Å². The third-order valence-corrected chi connectivity index (χ3v) is 6.84. The maximum absolute atomic E-state index is 12.1. The molecule has 1 N–H and O–H groups in total. The molecule has 37 heavy (non-hydrogen) atoms. The van der Waals surface area contributed by atoms with Crippen LogP contribution in [-0.2, 0) is 13.2 Å². The van der Waals surface area contributed by atoms with Gasteiger partial charge in [0, 0.05) is 29.9 Å². The molecule has 7 heteroatoms. The van der Waals surface area contributed by atoms with E-state index in [4.69, 9.17) is 14.5 Å². The number of nitrogens with one attached hydrogen (secondary N) is 1. The first-order chi connectivity index (χ1) is 18.1. The Morgan fingerprint density at radius 3 is 2.62 bits per heavy atom. The van der Waals surface area contributed by atoms with E-state index in [1.807, 2.05) is 54.7 Å². The minimum atomic E-state index is -0.0639. The summed E-state index contributed by atoms with van der Waals surface area (Å²) in [6, 6.07) is 26.1. The van der Waals surface area contributed by atoms with Gasteiger partial charge in [0.05, 0.1) is 24.2 Å². The third kappa shape index (κ3) is 4.29. The molecule has 0 spiro atoms. The Hall–Kier alpha value is -4.65. The van der Waals surface area contributed by atoms with E-state index in [2.05, 4.69) is 46.1 Å². The van der Waals surface area contributed by atoms with Gasteiger partial charge in [0.2, 0.25) is 5.88 Å². The van der Waals surface area contributed by atoms with Crippen molar-refractivity contribution in [2.45, 2.75) is 26.1 Å². The van der Waals surface area contributed by atoms with Crippen LogP contribution in [0.4, 0.5) is 0 Å². The number of pyridine rings is 1. The minimum Gasteiger partial charge on any atom is -0.486 e. The van der Waals surface area contributed by atoms with Crippen molar-refractivity contribution in [3.63, 3.8) is 0 Å². The molecule has 1 aliphatic heterocycles. The second kappa shape index (κ2) is 9.43. The summed E-state index contributed by atoms with van der Waals surface area (Å²) in [5.74, 6) is 1.97. The summed E-state index contributed by atoms with van der Waals surface area (Å²) < 4.78 is 13.6. The Morgan fingerprint density at radius 2 is 1.84 bits per heavy atom. The number of ether oxygens (including phenoxy) is 2. The topological polar surface area (TPSA) is 78.3 Å². The number of imidazole rings is 1. The predicted molar refractivity (Wildman–Crippen MR) is 142 cm³/mol. The molecule has 0 unspecified atom stereocenters. The van der Waals surface area contributed by atoms with E-state index in [-0.39, 0.29) is 18.6 Å². The number of fused-ring (bicyclic) bond motifs is 2. The highest BCUT2D eigenvalue weighted by Gasteiger charge is 2.21. The number of carbonyl (C=O) groups is 1. The van der Waals surface area contributed by atoms with Gasteiger partial charge in [-0.2, -0.15) is 0 Å². The van der Waals surface area contributed by atoms with Crippen LogP contribution >= 0.6 is 0 Å². The summed E-state index contributed by atoms with van der Waals surface area (Å²) in [6.07, 6.45) is 1.81. The van der Waals surface area contributed by atoms with Crippen molar-refractivity contribution in [1.29, 1.82) is 0 Å². The summed E-state index contributed by atoms with van der Waals surface area (Å²) in [7, 11) is 1.61. The smallest absolute Gasteiger partial charge is 0.252 e. The van der Waals surface area contributed by atoms with E-state index in [9.17, 15) is 4.79 Å². The van der Waals surface area contributed by atoms with Crippen LogP contribution in [0.15, 0.2) is 85.1 Å². The van der Waals surface area contributed by atoms with Crippen LogP contribution in [0.2, 0.25) is 0 Å². The number of hydrogen-bond donors (Lipinski definition) is 1. The van der Waals surface area contributed by atoms with Crippen molar-refractivity contribution in [3.05, 3.63) is 108 Å². The monoisotopic (exact) mass is 490 g/mol. The lowest BCUT2D eigenvalue weighted by atomic mass is 10.1. The molecule has 0 radical (unpaired) electrons. The lowest BCUT2D eigenvalue weighted by Gasteiger charge is -2.19. The molecule has 1 aliphatic rings. The number of rotatable bonds is 7. The average molecular weight is 491 g/mol. The molecule has 1 amide bonds. The van der Waals surface area contributed by atoms with Crippen molar-refractivity contribution in [2.75, 3.05) is 7.11 Å². The fourth-order valence-corrected chi connectivity index (χ4v) is 4.84. The number of aromatic nitrogens is 3. The Morgan fingerprint density at radius 1 is 1.00 bits per heavy atom. The first kappa shape index (κ1) is 22.8. The summed E-state index contributed by atoms with van der Waals surface area (Å²) in [5, 5.41) is 2.85. The van der Waals surface area contributed by atoms with Gasteiger partial charge in [-0.05, 0) is 53.9 Å². The van der Waals surface area contributed by atoms with Crippen LogP contribution in [-0.4, -0.2) is 27.6 Å². The van der Waals surface area contributed by atoms with Gasteiger partial charge in [-0.25, -0.2) is 9.97 Å². The first-order valence-electron chi connectivity index (χ1n) is 12.2. The third-order valence-electron chi connectivity index (χ3n) is 6.84.